The SMILES string of the molecule is COC(=O)c1ccccc1-c1cc(C)cc2c1O[C@H](CNC(=O)Cc1csc(C)n1)C2. The Morgan fingerprint density at radius 1 is 1.23 bits per heavy atom. The lowest BCUT2D eigenvalue weighted by molar-refractivity contribution is -0.120. The van der Waals surface area contributed by atoms with Crippen molar-refractivity contribution in [1.82, 2.24) is 10.3 Å². The lowest BCUT2D eigenvalue weighted by atomic mass is 9.94. The highest BCUT2D eigenvalue weighted by Crippen LogP contribution is 2.41. The maximum atomic E-state index is 12.3. The highest BCUT2D eigenvalue weighted by Gasteiger charge is 2.28. The topological polar surface area (TPSA) is 77.5 Å². The molecule has 0 radical (unpaired) electrons. The van der Waals surface area contributed by atoms with E-state index in [2.05, 4.69) is 16.4 Å². The number of carbonyl (C=O) groups is 2. The molecule has 6 nitrogen and oxygen atoms in total. The van der Waals surface area contributed by atoms with Crippen LogP contribution in [0.25, 0.3) is 11.1 Å². The van der Waals surface area contributed by atoms with Gasteiger partial charge in [0, 0.05) is 17.4 Å². The van der Waals surface area contributed by atoms with Crippen LogP contribution in [-0.4, -0.2) is 36.6 Å². The number of esters is 1. The molecule has 0 fully saturated rings. The third kappa shape index (κ3) is 4.61. The Morgan fingerprint density at radius 2 is 2.03 bits per heavy atom. The van der Waals surface area contributed by atoms with Crippen molar-refractivity contribution in [2.45, 2.75) is 32.8 Å². The van der Waals surface area contributed by atoms with Gasteiger partial charge in [0.1, 0.15) is 11.9 Å². The number of nitrogens with one attached hydrogen (secondary N) is 1. The van der Waals surface area contributed by atoms with E-state index in [9.17, 15) is 9.59 Å². The van der Waals surface area contributed by atoms with Crippen molar-refractivity contribution in [3.8, 4) is 16.9 Å². The summed E-state index contributed by atoms with van der Waals surface area (Å²) in [6.07, 6.45) is 0.795. The molecule has 0 spiro atoms. The van der Waals surface area contributed by atoms with Crippen molar-refractivity contribution in [1.29, 1.82) is 0 Å². The van der Waals surface area contributed by atoms with Gasteiger partial charge in [-0.05, 0) is 42.7 Å². The van der Waals surface area contributed by atoms with Crippen molar-refractivity contribution in [2.75, 3.05) is 13.7 Å². The first-order valence-electron chi connectivity index (χ1n) is 10.1. The number of thiazole rings is 1. The van der Waals surface area contributed by atoms with Gasteiger partial charge >= 0.3 is 5.97 Å². The number of hydrogen-bond acceptors (Lipinski definition) is 6. The summed E-state index contributed by atoms with van der Waals surface area (Å²) in [5.74, 6) is 0.304. The van der Waals surface area contributed by atoms with E-state index in [0.717, 1.165) is 38.7 Å². The zero-order valence-electron chi connectivity index (χ0n) is 17.7. The van der Waals surface area contributed by atoms with Crippen LogP contribution in [0.3, 0.4) is 0 Å². The minimum Gasteiger partial charge on any atom is -0.487 e. The standard InChI is InChI=1S/C24H24N2O4S/c1-14-8-16-10-18(12-25-22(27)11-17-13-31-15(2)26-17)30-23(16)21(9-14)19-6-4-5-7-20(19)24(28)29-3/h4-9,13,18H,10-12H2,1-3H3,(H,25,27)/t18-/m0/s1. The summed E-state index contributed by atoms with van der Waals surface area (Å²) >= 11 is 1.54. The van der Waals surface area contributed by atoms with E-state index in [-0.39, 0.29) is 24.4 Å². The van der Waals surface area contributed by atoms with Crippen molar-refractivity contribution >= 4 is 23.2 Å². The number of amides is 1. The van der Waals surface area contributed by atoms with Gasteiger partial charge in [0.05, 0.1) is 36.3 Å². The predicted octanol–water partition coefficient (Wildman–Crippen LogP) is 3.88. The molecule has 0 saturated carbocycles. The number of fused-ring (bicyclic) bond motifs is 1. The Morgan fingerprint density at radius 3 is 2.77 bits per heavy atom. The van der Waals surface area contributed by atoms with E-state index < -0.39 is 0 Å². The minimum atomic E-state index is -0.384. The van der Waals surface area contributed by atoms with Gasteiger partial charge in [-0.15, -0.1) is 11.3 Å². The quantitative estimate of drug-likeness (QED) is 0.594. The number of aryl methyl sites for hydroxylation is 2. The van der Waals surface area contributed by atoms with Crippen LogP contribution >= 0.6 is 11.3 Å². The maximum Gasteiger partial charge on any atom is 0.338 e. The monoisotopic (exact) mass is 436 g/mol. The molecule has 1 aliphatic heterocycles. The lowest BCUT2D eigenvalue weighted by Gasteiger charge is -2.15. The molecule has 2 aromatic carbocycles. The number of ether oxygens (including phenoxy) is 2. The molecule has 0 aliphatic carbocycles. The minimum absolute atomic E-state index is 0.0719. The molecule has 1 amide bonds. The fourth-order valence-corrected chi connectivity index (χ4v) is 4.47. The summed E-state index contributed by atoms with van der Waals surface area (Å²) in [5, 5.41) is 5.82. The van der Waals surface area contributed by atoms with Gasteiger partial charge in [-0.25, -0.2) is 9.78 Å². The summed E-state index contributed by atoms with van der Waals surface area (Å²) in [6.45, 7) is 4.36. The number of carbonyl (C=O) groups excluding carboxylic acids is 2. The van der Waals surface area contributed by atoms with E-state index >= 15 is 0 Å². The third-order valence-electron chi connectivity index (χ3n) is 5.20. The first-order valence-corrected chi connectivity index (χ1v) is 11.0. The zero-order chi connectivity index (χ0) is 22.0. The summed E-state index contributed by atoms with van der Waals surface area (Å²) in [4.78, 5) is 28.9. The largest absolute Gasteiger partial charge is 0.487 e. The Kier molecular flexibility index (Phi) is 6.04. The maximum absolute atomic E-state index is 12.3. The van der Waals surface area contributed by atoms with Crippen molar-refractivity contribution < 1.29 is 19.1 Å². The van der Waals surface area contributed by atoms with Crippen LogP contribution in [0.1, 0.15) is 32.2 Å². The molecule has 0 bridgehead atoms. The first kappa shape index (κ1) is 21.1. The predicted molar refractivity (Wildman–Crippen MR) is 120 cm³/mol. The molecule has 1 atom stereocenters. The van der Waals surface area contributed by atoms with Crippen LogP contribution in [0.5, 0.6) is 5.75 Å². The fourth-order valence-electron chi connectivity index (χ4n) is 3.86. The first-order chi connectivity index (χ1) is 14.9. The molecule has 1 N–H and O–H groups in total. The molecule has 31 heavy (non-hydrogen) atoms. The second-order valence-electron chi connectivity index (χ2n) is 7.62. The Balaban J connectivity index is 1.51. The van der Waals surface area contributed by atoms with Gasteiger partial charge < -0.3 is 14.8 Å². The van der Waals surface area contributed by atoms with Crippen LogP contribution < -0.4 is 10.1 Å². The molecule has 1 aliphatic rings. The molecule has 0 saturated heterocycles. The normalized spacial score (nSPS) is 14.6. The molecule has 4 rings (SSSR count). The number of methoxy groups -OCH3 is 1. The second kappa shape index (κ2) is 8.89. The molecule has 2 heterocycles. The van der Waals surface area contributed by atoms with Gasteiger partial charge in [-0.1, -0.05) is 24.3 Å². The Hall–Kier alpha value is -3.19. The highest BCUT2D eigenvalue weighted by atomic mass is 32.1. The van der Waals surface area contributed by atoms with Gasteiger partial charge in [-0.2, -0.15) is 0 Å². The van der Waals surface area contributed by atoms with Crippen molar-refractivity contribution in [3.63, 3.8) is 0 Å². The van der Waals surface area contributed by atoms with E-state index in [1.807, 2.05) is 43.5 Å². The summed E-state index contributed by atoms with van der Waals surface area (Å²) in [7, 11) is 1.38. The molecule has 7 heteroatoms. The zero-order valence-corrected chi connectivity index (χ0v) is 18.5. The van der Waals surface area contributed by atoms with Crippen molar-refractivity contribution in [2.24, 2.45) is 0 Å². The van der Waals surface area contributed by atoms with E-state index in [1.165, 1.54) is 18.4 Å². The second-order valence-corrected chi connectivity index (χ2v) is 8.68. The molecule has 3 aromatic rings. The van der Waals surface area contributed by atoms with E-state index in [1.54, 1.807) is 6.07 Å². The number of hydrogen-bond donors (Lipinski definition) is 1. The molecule has 0 unspecified atom stereocenters. The highest BCUT2D eigenvalue weighted by molar-refractivity contribution is 7.09. The molecule has 1 aromatic heterocycles. The summed E-state index contributed by atoms with van der Waals surface area (Å²) < 4.78 is 11.2. The number of nitrogens with zero attached hydrogens (tertiary/aromatic N) is 1. The molecular weight excluding hydrogens is 412 g/mol. The third-order valence-corrected chi connectivity index (χ3v) is 6.02. The van der Waals surface area contributed by atoms with Crippen LogP contribution in [-0.2, 0) is 22.4 Å². The van der Waals surface area contributed by atoms with Gasteiger partial charge in [0.15, 0.2) is 0 Å². The summed E-state index contributed by atoms with van der Waals surface area (Å²) in [5.41, 5.74) is 5.08. The van der Waals surface area contributed by atoms with Crippen LogP contribution in [0, 0.1) is 13.8 Å². The lowest BCUT2D eigenvalue weighted by Crippen LogP contribution is -2.35. The van der Waals surface area contributed by atoms with E-state index in [4.69, 9.17) is 9.47 Å². The Bertz CT molecular complexity index is 1140. The summed E-state index contributed by atoms with van der Waals surface area (Å²) in [6, 6.07) is 11.5. The average molecular weight is 437 g/mol. The Labute approximate surface area is 185 Å². The smallest absolute Gasteiger partial charge is 0.338 e. The number of aromatic nitrogens is 1. The number of rotatable bonds is 6. The van der Waals surface area contributed by atoms with Crippen LogP contribution in [0.2, 0.25) is 0 Å². The van der Waals surface area contributed by atoms with Gasteiger partial charge in [-0.3, -0.25) is 4.79 Å². The average Bonchev–Trinajstić information content (AvgIpc) is 3.36. The van der Waals surface area contributed by atoms with Crippen LogP contribution in [0.15, 0.2) is 41.8 Å². The fraction of sp³-hybridized carbons (Fsp3) is 0.292. The van der Waals surface area contributed by atoms with E-state index in [0.29, 0.717) is 18.5 Å². The van der Waals surface area contributed by atoms with Crippen LogP contribution in [0.4, 0.5) is 0 Å². The van der Waals surface area contributed by atoms with Crippen molar-refractivity contribution in [3.05, 3.63) is 69.2 Å². The van der Waals surface area contributed by atoms with Gasteiger partial charge in [0.25, 0.3) is 0 Å². The van der Waals surface area contributed by atoms with Gasteiger partial charge in [0.2, 0.25) is 5.91 Å². The number of benzene rings is 2. The molecular formula is C24H24N2O4S. The molecule has 160 valence electrons.